The summed E-state index contributed by atoms with van der Waals surface area (Å²) in [5, 5.41) is 0. The van der Waals surface area contributed by atoms with Crippen LogP contribution in [-0.2, 0) is 0 Å². The van der Waals surface area contributed by atoms with Crippen LogP contribution in [0.2, 0.25) is 0 Å². The Hall–Kier alpha value is -0.380. The van der Waals surface area contributed by atoms with Crippen molar-refractivity contribution in [3.63, 3.8) is 0 Å². The van der Waals surface area contributed by atoms with Gasteiger partial charge in [0.05, 0.1) is 0 Å². The molecule has 1 aromatic carbocycles. The molecule has 2 nitrogen and oxygen atoms in total. The van der Waals surface area contributed by atoms with Crippen LogP contribution >= 0.6 is 15.9 Å². The molecule has 1 aliphatic rings. The molecule has 1 atom stereocenters. The molecule has 1 fully saturated rings. The molecule has 18 heavy (non-hydrogen) atoms. The van der Waals surface area contributed by atoms with E-state index >= 15 is 0 Å². The molecule has 0 aliphatic carbocycles. The molecule has 0 saturated carbocycles. The summed E-state index contributed by atoms with van der Waals surface area (Å²) in [5.41, 5.74) is 7.81. The lowest BCUT2D eigenvalue weighted by Crippen LogP contribution is -2.42. The molecule has 1 heterocycles. The van der Waals surface area contributed by atoms with Gasteiger partial charge in [0.2, 0.25) is 0 Å². The summed E-state index contributed by atoms with van der Waals surface area (Å²) in [6, 6.07) is 8.89. The molecule has 1 unspecified atom stereocenters. The molecule has 100 valence electrons. The first-order valence-corrected chi connectivity index (χ1v) is 7.51. The fourth-order valence-electron chi connectivity index (χ4n) is 2.65. The van der Waals surface area contributed by atoms with Crippen molar-refractivity contribution in [1.29, 1.82) is 0 Å². The Morgan fingerprint density at radius 2 is 2.00 bits per heavy atom. The van der Waals surface area contributed by atoms with E-state index in [1.54, 1.807) is 0 Å². The van der Waals surface area contributed by atoms with Crippen LogP contribution < -0.4 is 5.73 Å². The van der Waals surface area contributed by atoms with Crippen LogP contribution in [0, 0.1) is 5.41 Å². The monoisotopic (exact) mass is 310 g/mol. The van der Waals surface area contributed by atoms with Gasteiger partial charge in [-0.1, -0.05) is 41.9 Å². The van der Waals surface area contributed by atoms with E-state index in [0.717, 1.165) is 17.6 Å². The highest BCUT2D eigenvalue weighted by molar-refractivity contribution is 9.10. The smallest absolute Gasteiger partial charge is 0.0470 e. The molecule has 1 aliphatic heterocycles. The number of rotatable bonds is 3. The molecular formula is C15H23BrN2. The van der Waals surface area contributed by atoms with Crippen molar-refractivity contribution in [3.05, 3.63) is 34.3 Å². The Balaban J connectivity index is 2.10. The minimum absolute atomic E-state index is 0.360. The number of halogens is 1. The average Bonchev–Trinajstić information content (AvgIpc) is 2.32. The molecule has 0 amide bonds. The van der Waals surface area contributed by atoms with E-state index in [1.165, 1.54) is 18.4 Å². The van der Waals surface area contributed by atoms with Crippen LogP contribution in [0.15, 0.2) is 28.7 Å². The minimum atomic E-state index is 0.360. The Bertz CT molecular complexity index is 393. The van der Waals surface area contributed by atoms with E-state index in [1.807, 2.05) is 0 Å². The molecule has 0 bridgehead atoms. The summed E-state index contributed by atoms with van der Waals surface area (Å²) < 4.78 is 1.13. The number of piperidine rings is 1. The van der Waals surface area contributed by atoms with Crippen LogP contribution in [0.1, 0.15) is 38.3 Å². The lowest BCUT2D eigenvalue weighted by molar-refractivity contribution is 0.0964. The number of nitrogens with zero attached hydrogens (tertiary/aromatic N) is 1. The molecule has 0 aromatic heterocycles. The summed E-state index contributed by atoms with van der Waals surface area (Å²) in [6.45, 7) is 7.72. The van der Waals surface area contributed by atoms with Gasteiger partial charge in [0.15, 0.2) is 0 Å². The van der Waals surface area contributed by atoms with Gasteiger partial charge in [-0.25, -0.2) is 0 Å². The number of nitrogens with two attached hydrogens (primary N) is 1. The zero-order valence-electron chi connectivity index (χ0n) is 11.3. The normalized spacial score (nSPS) is 21.8. The third-order valence-electron chi connectivity index (χ3n) is 4.05. The van der Waals surface area contributed by atoms with Crippen molar-refractivity contribution in [2.45, 2.75) is 32.7 Å². The Kier molecular flexibility index (Phi) is 4.46. The minimum Gasteiger partial charge on any atom is -0.329 e. The highest BCUT2D eigenvalue weighted by Crippen LogP contribution is 2.33. The third kappa shape index (κ3) is 3.34. The van der Waals surface area contributed by atoms with Crippen molar-refractivity contribution in [2.24, 2.45) is 11.1 Å². The predicted molar refractivity (Wildman–Crippen MR) is 80.5 cm³/mol. The van der Waals surface area contributed by atoms with E-state index in [-0.39, 0.29) is 0 Å². The molecule has 2 N–H and O–H groups in total. The van der Waals surface area contributed by atoms with Gasteiger partial charge in [-0.2, -0.15) is 0 Å². The van der Waals surface area contributed by atoms with Crippen LogP contribution in [0.5, 0.6) is 0 Å². The quantitative estimate of drug-likeness (QED) is 0.924. The number of likely N-dealkylation sites (tertiary alicyclic amines) is 1. The Labute approximate surface area is 119 Å². The van der Waals surface area contributed by atoms with Gasteiger partial charge in [-0.05, 0) is 49.0 Å². The Morgan fingerprint density at radius 1 is 1.33 bits per heavy atom. The van der Waals surface area contributed by atoms with Crippen LogP contribution in [0.4, 0.5) is 0 Å². The standard InChI is InChI=1S/C15H23BrN2/c1-15(2)6-8-18(9-7-15)14(11-17)12-4-3-5-13(16)10-12/h3-5,10,14H,6-9,11,17H2,1-2H3. The molecule has 2 rings (SSSR count). The highest BCUT2D eigenvalue weighted by Gasteiger charge is 2.29. The summed E-state index contributed by atoms with van der Waals surface area (Å²) in [4.78, 5) is 2.53. The maximum atomic E-state index is 6.00. The van der Waals surface area contributed by atoms with E-state index in [0.29, 0.717) is 18.0 Å². The fraction of sp³-hybridized carbons (Fsp3) is 0.600. The lowest BCUT2D eigenvalue weighted by Gasteiger charge is -2.41. The highest BCUT2D eigenvalue weighted by atomic mass is 79.9. The predicted octanol–water partition coefficient (Wildman–Crippen LogP) is 3.57. The maximum absolute atomic E-state index is 6.00. The average molecular weight is 311 g/mol. The summed E-state index contributed by atoms with van der Waals surface area (Å²) in [5.74, 6) is 0. The number of hydrogen-bond donors (Lipinski definition) is 1. The van der Waals surface area contributed by atoms with Gasteiger partial charge in [-0.3, -0.25) is 4.90 Å². The second kappa shape index (κ2) is 5.72. The second-order valence-electron chi connectivity index (χ2n) is 6.01. The van der Waals surface area contributed by atoms with Crippen molar-refractivity contribution in [2.75, 3.05) is 19.6 Å². The zero-order chi connectivity index (χ0) is 13.2. The first kappa shape index (κ1) is 14.0. The van der Waals surface area contributed by atoms with E-state index < -0.39 is 0 Å². The van der Waals surface area contributed by atoms with Crippen molar-refractivity contribution in [3.8, 4) is 0 Å². The van der Waals surface area contributed by atoms with Gasteiger partial charge in [0.1, 0.15) is 0 Å². The van der Waals surface area contributed by atoms with Crippen molar-refractivity contribution < 1.29 is 0 Å². The van der Waals surface area contributed by atoms with E-state index in [4.69, 9.17) is 5.73 Å². The Morgan fingerprint density at radius 3 is 2.56 bits per heavy atom. The van der Waals surface area contributed by atoms with Crippen LogP contribution in [-0.4, -0.2) is 24.5 Å². The first-order valence-electron chi connectivity index (χ1n) is 6.71. The summed E-state index contributed by atoms with van der Waals surface area (Å²) in [7, 11) is 0. The van der Waals surface area contributed by atoms with Gasteiger partial charge in [0, 0.05) is 17.1 Å². The van der Waals surface area contributed by atoms with Gasteiger partial charge >= 0.3 is 0 Å². The van der Waals surface area contributed by atoms with Gasteiger partial charge in [0.25, 0.3) is 0 Å². The molecule has 1 aromatic rings. The molecule has 3 heteroatoms. The van der Waals surface area contributed by atoms with Gasteiger partial charge in [-0.15, -0.1) is 0 Å². The largest absolute Gasteiger partial charge is 0.329 e. The number of hydrogen-bond acceptors (Lipinski definition) is 2. The van der Waals surface area contributed by atoms with E-state index in [2.05, 4.69) is 58.9 Å². The molecule has 1 saturated heterocycles. The van der Waals surface area contributed by atoms with E-state index in [9.17, 15) is 0 Å². The van der Waals surface area contributed by atoms with Gasteiger partial charge < -0.3 is 5.73 Å². The SMILES string of the molecule is CC1(C)CCN(C(CN)c2cccc(Br)c2)CC1. The maximum Gasteiger partial charge on any atom is 0.0470 e. The topological polar surface area (TPSA) is 29.3 Å². The van der Waals surface area contributed by atoms with Crippen LogP contribution in [0.3, 0.4) is 0 Å². The molecular weight excluding hydrogens is 288 g/mol. The molecule has 0 spiro atoms. The second-order valence-corrected chi connectivity index (χ2v) is 6.92. The first-order chi connectivity index (χ1) is 8.52. The fourth-order valence-corrected chi connectivity index (χ4v) is 3.07. The van der Waals surface area contributed by atoms with Crippen LogP contribution in [0.25, 0.3) is 0 Å². The van der Waals surface area contributed by atoms with Crippen molar-refractivity contribution in [1.82, 2.24) is 4.90 Å². The molecule has 0 radical (unpaired) electrons. The van der Waals surface area contributed by atoms with Crippen molar-refractivity contribution >= 4 is 15.9 Å². The number of benzene rings is 1. The third-order valence-corrected chi connectivity index (χ3v) is 4.54. The lowest BCUT2D eigenvalue weighted by atomic mass is 9.82. The summed E-state index contributed by atoms with van der Waals surface area (Å²) >= 11 is 3.54. The summed E-state index contributed by atoms with van der Waals surface area (Å²) in [6.07, 6.45) is 2.52. The zero-order valence-corrected chi connectivity index (χ0v) is 12.9.